The first kappa shape index (κ1) is 15.1. The number of ether oxygens (including phenoxy) is 1. The lowest BCUT2D eigenvalue weighted by Crippen LogP contribution is -2.06. The van der Waals surface area contributed by atoms with Gasteiger partial charge in [0.2, 0.25) is 0 Å². The van der Waals surface area contributed by atoms with Gasteiger partial charge in [0.1, 0.15) is 5.75 Å². The molecule has 6 nitrogen and oxygen atoms in total. The highest BCUT2D eigenvalue weighted by molar-refractivity contribution is 5.74. The molecule has 0 amide bonds. The van der Waals surface area contributed by atoms with Crippen LogP contribution in [0, 0.1) is 5.21 Å². The zero-order chi connectivity index (χ0) is 16.2. The third-order valence-electron chi connectivity index (χ3n) is 3.55. The van der Waals surface area contributed by atoms with E-state index in [4.69, 9.17) is 9.94 Å². The van der Waals surface area contributed by atoms with Gasteiger partial charge in [0.15, 0.2) is 0 Å². The van der Waals surface area contributed by atoms with E-state index in [1.54, 1.807) is 25.4 Å². The van der Waals surface area contributed by atoms with Crippen LogP contribution in [-0.4, -0.2) is 22.1 Å². The summed E-state index contributed by atoms with van der Waals surface area (Å²) in [7, 11) is 1.60. The summed E-state index contributed by atoms with van der Waals surface area (Å²) >= 11 is 0. The Hall–Kier alpha value is -2.83. The van der Waals surface area contributed by atoms with Crippen molar-refractivity contribution in [3.63, 3.8) is 0 Å². The van der Waals surface area contributed by atoms with Gasteiger partial charge < -0.3 is 15.2 Å². The van der Waals surface area contributed by atoms with E-state index in [0.717, 1.165) is 16.7 Å². The second kappa shape index (κ2) is 6.51. The van der Waals surface area contributed by atoms with Gasteiger partial charge in [-0.1, -0.05) is 18.2 Å². The van der Waals surface area contributed by atoms with Crippen molar-refractivity contribution in [2.75, 3.05) is 12.3 Å². The van der Waals surface area contributed by atoms with Crippen LogP contribution in [0.2, 0.25) is 0 Å². The van der Waals surface area contributed by atoms with E-state index < -0.39 is 0 Å². The van der Waals surface area contributed by atoms with Crippen LogP contribution < -0.4 is 9.96 Å². The van der Waals surface area contributed by atoms with Gasteiger partial charge in [-0.05, 0) is 41.5 Å². The molecule has 118 valence electrons. The number of methoxy groups -OCH3 is 1. The molecule has 3 aromatic rings. The van der Waals surface area contributed by atoms with Crippen molar-refractivity contribution in [3.8, 4) is 16.9 Å². The highest BCUT2D eigenvalue weighted by Gasteiger charge is 2.09. The molecular weight excluding hydrogens is 294 g/mol. The topological polar surface area (TPSA) is 73.6 Å². The van der Waals surface area contributed by atoms with Crippen LogP contribution in [0.5, 0.6) is 5.75 Å². The summed E-state index contributed by atoms with van der Waals surface area (Å²) in [5, 5.41) is 24.2. The maximum Gasteiger partial charge on any atom is 0.126 e. The molecule has 2 aromatic carbocycles. The molecule has 1 N–H and O–H groups in total. The van der Waals surface area contributed by atoms with Crippen LogP contribution >= 0.6 is 0 Å². The molecule has 0 aliphatic heterocycles. The van der Waals surface area contributed by atoms with E-state index in [0.29, 0.717) is 12.3 Å². The Morgan fingerprint density at radius 1 is 1.22 bits per heavy atom. The number of benzene rings is 2. The lowest BCUT2D eigenvalue weighted by atomic mass is 10.0. The summed E-state index contributed by atoms with van der Waals surface area (Å²) in [5.41, 5.74) is 2.86. The maximum atomic E-state index is 11.1. The fraction of sp³-hybridized carbons (Fsp3) is 0.118. The lowest BCUT2D eigenvalue weighted by molar-refractivity contribution is 0.296. The second-order valence-electron chi connectivity index (χ2n) is 5.06. The number of nitrogens with zero attached hydrogens (tertiary/aromatic N) is 3. The van der Waals surface area contributed by atoms with Crippen molar-refractivity contribution in [2.24, 2.45) is 0 Å². The SMILES string of the molecule is COc1ccc(Cn2cccn2)cc1-c1cccc(N([O-])O)c1. The standard InChI is InChI=1S/C17H16N3O3/c1-23-17-7-6-13(12-19-9-3-8-18-19)10-16(17)14-4-2-5-15(11-14)20(21)22/h2-11,21H,12H2,1H3/q-1. The van der Waals surface area contributed by atoms with E-state index in [-0.39, 0.29) is 10.9 Å². The van der Waals surface area contributed by atoms with Crippen molar-refractivity contribution >= 4 is 5.69 Å². The number of aromatic nitrogens is 2. The van der Waals surface area contributed by atoms with Crippen molar-refractivity contribution in [1.82, 2.24) is 9.78 Å². The quantitative estimate of drug-likeness (QED) is 0.732. The average Bonchev–Trinajstić information content (AvgIpc) is 3.08. The first-order valence-corrected chi connectivity index (χ1v) is 7.08. The molecule has 0 saturated carbocycles. The molecule has 0 spiro atoms. The molecule has 0 aliphatic rings. The monoisotopic (exact) mass is 310 g/mol. The number of rotatable bonds is 5. The molecule has 0 saturated heterocycles. The van der Waals surface area contributed by atoms with Gasteiger partial charge in [-0.25, -0.2) is 0 Å². The van der Waals surface area contributed by atoms with E-state index >= 15 is 0 Å². The molecule has 6 heteroatoms. The van der Waals surface area contributed by atoms with Gasteiger partial charge in [-0.3, -0.25) is 9.89 Å². The fourth-order valence-corrected chi connectivity index (χ4v) is 2.45. The molecule has 0 radical (unpaired) electrons. The lowest BCUT2D eigenvalue weighted by Gasteiger charge is -2.22. The van der Waals surface area contributed by atoms with E-state index in [9.17, 15) is 5.21 Å². The van der Waals surface area contributed by atoms with Crippen molar-refractivity contribution in [3.05, 3.63) is 71.7 Å². The van der Waals surface area contributed by atoms with Gasteiger partial charge in [-0.15, -0.1) is 0 Å². The highest BCUT2D eigenvalue weighted by Crippen LogP contribution is 2.33. The van der Waals surface area contributed by atoms with E-state index in [2.05, 4.69) is 5.10 Å². The minimum atomic E-state index is -0.149. The van der Waals surface area contributed by atoms with Gasteiger partial charge in [-0.2, -0.15) is 5.10 Å². The second-order valence-corrected chi connectivity index (χ2v) is 5.06. The van der Waals surface area contributed by atoms with E-state index in [1.165, 1.54) is 6.07 Å². The predicted molar refractivity (Wildman–Crippen MR) is 87.4 cm³/mol. The van der Waals surface area contributed by atoms with Crippen LogP contribution in [0.25, 0.3) is 11.1 Å². The zero-order valence-corrected chi connectivity index (χ0v) is 12.6. The normalized spacial score (nSPS) is 10.6. The van der Waals surface area contributed by atoms with Gasteiger partial charge in [0.05, 0.1) is 19.3 Å². The third-order valence-corrected chi connectivity index (χ3v) is 3.55. The minimum absolute atomic E-state index is 0.149. The molecular formula is C17H16N3O3-. The molecule has 0 atom stereocenters. The summed E-state index contributed by atoms with van der Waals surface area (Å²) in [6.45, 7) is 0.636. The van der Waals surface area contributed by atoms with Gasteiger partial charge in [0, 0.05) is 18.0 Å². The maximum absolute atomic E-state index is 11.1. The summed E-state index contributed by atoms with van der Waals surface area (Å²) in [5.74, 6) is 0.696. The summed E-state index contributed by atoms with van der Waals surface area (Å²) in [6.07, 6.45) is 3.63. The third kappa shape index (κ3) is 3.33. The molecule has 0 bridgehead atoms. The first-order valence-electron chi connectivity index (χ1n) is 7.08. The van der Waals surface area contributed by atoms with Crippen LogP contribution in [0.1, 0.15) is 5.56 Å². The minimum Gasteiger partial charge on any atom is -0.733 e. The molecule has 3 rings (SSSR count). The van der Waals surface area contributed by atoms with E-state index in [1.807, 2.05) is 41.2 Å². The Morgan fingerprint density at radius 2 is 2.09 bits per heavy atom. The highest BCUT2D eigenvalue weighted by atomic mass is 16.8. The summed E-state index contributed by atoms with van der Waals surface area (Å²) < 4.78 is 7.24. The number of hydrogen-bond acceptors (Lipinski definition) is 5. The molecule has 1 aromatic heterocycles. The summed E-state index contributed by atoms with van der Waals surface area (Å²) in [4.78, 5) is 0. The Kier molecular flexibility index (Phi) is 4.27. The molecule has 0 unspecified atom stereocenters. The van der Waals surface area contributed by atoms with Crippen LogP contribution in [0.15, 0.2) is 60.9 Å². The van der Waals surface area contributed by atoms with Gasteiger partial charge >= 0.3 is 0 Å². The predicted octanol–water partition coefficient (Wildman–Crippen LogP) is 3.30. The number of anilines is 1. The molecule has 0 aliphatic carbocycles. The Balaban J connectivity index is 2.00. The largest absolute Gasteiger partial charge is 0.733 e. The summed E-state index contributed by atoms with van der Waals surface area (Å²) in [6, 6.07) is 14.5. The number of hydrogen-bond donors (Lipinski definition) is 1. The van der Waals surface area contributed by atoms with Crippen LogP contribution in [0.4, 0.5) is 5.69 Å². The Labute approximate surface area is 133 Å². The Bertz CT molecular complexity index is 786. The van der Waals surface area contributed by atoms with Crippen molar-refractivity contribution in [1.29, 1.82) is 0 Å². The smallest absolute Gasteiger partial charge is 0.126 e. The van der Waals surface area contributed by atoms with Gasteiger partial charge in [0.25, 0.3) is 0 Å². The molecule has 23 heavy (non-hydrogen) atoms. The van der Waals surface area contributed by atoms with Crippen molar-refractivity contribution in [2.45, 2.75) is 6.54 Å². The molecule has 1 heterocycles. The molecule has 0 fully saturated rings. The van der Waals surface area contributed by atoms with Crippen LogP contribution in [-0.2, 0) is 6.54 Å². The Morgan fingerprint density at radius 3 is 2.78 bits per heavy atom. The van der Waals surface area contributed by atoms with Crippen LogP contribution in [0.3, 0.4) is 0 Å². The zero-order valence-electron chi connectivity index (χ0n) is 12.6. The average molecular weight is 310 g/mol. The fourth-order valence-electron chi connectivity index (χ4n) is 2.45. The first-order chi connectivity index (χ1) is 11.2. The van der Waals surface area contributed by atoms with Crippen molar-refractivity contribution < 1.29 is 9.94 Å².